The van der Waals surface area contributed by atoms with Crippen LogP contribution in [0.3, 0.4) is 0 Å². The van der Waals surface area contributed by atoms with Crippen LogP contribution in [0.4, 0.5) is 0 Å². The lowest BCUT2D eigenvalue weighted by Crippen LogP contribution is -2.57. The minimum absolute atomic E-state index is 0.948. The van der Waals surface area contributed by atoms with E-state index in [0.29, 0.717) is 0 Å². The van der Waals surface area contributed by atoms with Gasteiger partial charge >= 0.3 is 0 Å². The maximum atomic E-state index is 5.89. The van der Waals surface area contributed by atoms with Crippen molar-refractivity contribution in [3.8, 4) is 0 Å². The second-order valence-electron chi connectivity index (χ2n) is 2.60. The molecular weight excluding hydrogens is 152 g/mol. The van der Waals surface area contributed by atoms with Crippen molar-refractivity contribution in [3.63, 3.8) is 0 Å². The van der Waals surface area contributed by atoms with E-state index < -0.39 is 0 Å². The van der Waals surface area contributed by atoms with Gasteiger partial charge in [-0.3, -0.25) is 0 Å². The van der Waals surface area contributed by atoms with Crippen molar-refractivity contribution in [1.29, 1.82) is 0 Å². The van der Waals surface area contributed by atoms with Crippen molar-refractivity contribution in [2.24, 2.45) is 5.84 Å². The lowest BCUT2D eigenvalue weighted by Gasteiger charge is -2.36. The quantitative estimate of drug-likeness (QED) is 0.474. The SMILES string of the molecule is CCN(CC)N(N)N(CC)CC. The Balaban J connectivity index is 4.02. The van der Waals surface area contributed by atoms with E-state index >= 15 is 0 Å². The molecule has 4 heteroatoms. The summed E-state index contributed by atoms with van der Waals surface area (Å²) >= 11 is 0. The number of hydrogen-bond donors (Lipinski definition) is 1. The van der Waals surface area contributed by atoms with Crippen LogP contribution in [0.2, 0.25) is 0 Å². The minimum atomic E-state index is 0.948. The van der Waals surface area contributed by atoms with Gasteiger partial charge in [-0.1, -0.05) is 27.7 Å². The number of rotatable bonds is 6. The molecule has 0 aliphatic carbocycles. The molecule has 2 N–H and O–H groups in total. The lowest BCUT2D eigenvalue weighted by molar-refractivity contribution is -0.181. The molecular formula is C8H22N4. The van der Waals surface area contributed by atoms with Gasteiger partial charge in [0.15, 0.2) is 0 Å². The lowest BCUT2D eigenvalue weighted by atomic mass is 10.6. The van der Waals surface area contributed by atoms with Gasteiger partial charge in [0.2, 0.25) is 0 Å². The van der Waals surface area contributed by atoms with E-state index in [-0.39, 0.29) is 0 Å². The van der Waals surface area contributed by atoms with Gasteiger partial charge in [-0.2, -0.15) is 0 Å². The Kier molecular flexibility index (Phi) is 6.28. The monoisotopic (exact) mass is 174 g/mol. The van der Waals surface area contributed by atoms with E-state index in [1.165, 1.54) is 0 Å². The van der Waals surface area contributed by atoms with E-state index in [9.17, 15) is 0 Å². The van der Waals surface area contributed by atoms with Crippen LogP contribution in [0, 0.1) is 0 Å². The first-order chi connectivity index (χ1) is 5.71. The molecule has 0 aromatic heterocycles. The highest BCUT2D eigenvalue weighted by atomic mass is 16.0. The van der Waals surface area contributed by atoms with E-state index in [1.54, 1.807) is 5.23 Å². The highest BCUT2D eigenvalue weighted by Gasteiger charge is 2.12. The highest BCUT2D eigenvalue weighted by molar-refractivity contribution is 4.46. The molecule has 12 heavy (non-hydrogen) atoms. The van der Waals surface area contributed by atoms with Gasteiger partial charge < -0.3 is 0 Å². The molecule has 0 fully saturated rings. The average molecular weight is 174 g/mol. The molecule has 0 amide bonds. The summed E-state index contributed by atoms with van der Waals surface area (Å²) in [7, 11) is 0. The second-order valence-corrected chi connectivity index (χ2v) is 2.60. The van der Waals surface area contributed by atoms with E-state index in [2.05, 4.69) is 37.7 Å². The van der Waals surface area contributed by atoms with Crippen LogP contribution in [0.25, 0.3) is 0 Å². The number of nitrogens with zero attached hydrogens (tertiary/aromatic N) is 3. The topological polar surface area (TPSA) is 35.7 Å². The zero-order valence-corrected chi connectivity index (χ0v) is 8.75. The van der Waals surface area contributed by atoms with Gasteiger partial charge in [0.1, 0.15) is 0 Å². The molecule has 4 nitrogen and oxygen atoms in total. The smallest absolute Gasteiger partial charge is 0.0132 e. The van der Waals surface area contributed by atoms with Gasteiger partial charge in [-0.15, -0.1) is 5.23 Å². The molecule has 0 bridgehead atoms. The van der Waals surface area contributed by atoms with E-state index in [4.69, 9.17) is 5.84 Å². The molecule has 0 rings (SSSR count). The van der Waals surface area contributed by atoms with Crippen LogP contribution < -0.4 is 5.84 Å². The molecule has 0 atom stereocenters. The zero-order valence-electron chi connectivity index (χ0n) is 8.75. The fourth-order valence-electron chi connectivity index (χ4n) is 1.21. The van der Waals surface area contributed by atoms with Gasteiger partial charge in [-0.25, -0.2) is 15.9 Å². The summed E-state index contributed by atoms with van der Waals surface area (Å²) in [5, 5.41) is 5.90. The molecule has 0 aromatic carbocycles. The van der Waals surface area contributed by atoms with Crippen LogP contribution in [-0.2, 0) is 0 Å². The van der Waals surface area contributed by atoms with Crippen LogP contribution in [-0.4, -0.2) is 41.4 Å². The number of hydrazine groups is 3. The zero-order chi connectivity index (χ0) is 9.56. The third-order valence-electron chi connectivity index (χ3n) is 2.04. The first-order valence-electron chi connectivity index (χ1n) is 4.75. The number of nitrogens with two attached hydrogens (primary N) is 1. The summed E-state index contributed by atoms with van der Waals surface area (Å²) in [4.78, 5) is 0. The van der Waals surface area contributed by atoms with Gasteiger partial charge in [0, 0.05) is 26.2 Å². The molecule has 0 heterocycles. The Morgan fingerprint density at radius 2 is 1.00 bits per heavy atom. The molecule has 0 aliphatic rings. The van der Waals surface area contributed by atoms with Crippen molar-refractivity contribution < 1.29 is 0 Å². The summed E-state index contributed by atoms with van der Waals surface area (Å²) in [6.45, 7) is 12.2. The average Bonchev–Trinajstić information content (AvgIpc) is 2.09. The Labute approximate surface area is 75.8 Å². The third-order valence-corrected chi connectivity index (χ3v) is 2.04. The summed E-state index contributed by atoms with van der Waals surface area (Å²) in [5.74, 6) is 5.89. The predicted molar refractivity (Wildman–Crippen MR) is 51.9 cm³/mol. The maximum Gasteiger partial charge on any atom is 0.0132 e. The van der Waals surface area contributed by atoms with Crippen molar-refractivity contribution in [1.82, 2.24) is 15.2 Å². The largest absolute Gasteiger partial charge is 0.240 e. The number of hydrogen-bond acceptors (Lipinski definition) is 4. The summed E-state index contributed by atoms with van der Waals surface area (Å²) in [5.41, 5.74) is 0. The molecule has 0 spiro atoms. The van der Waals surface area contributed by atoms with Crippen LogP contribution in [0.5, 0.6) is 0 Å². The fourth-order valence-corrected chi connectivity index (χ4v) is 1.21. The normalized spacial score (nSPS) is 12.0. The highest BCUT2D eigenvalue weighted by Crippen LogP contribution is 1.96. The summed E-state index contributed by atoms with van der Waals surface area (Å²) in [6.07, 6.45) is 0. The molecule has 0 saturated carbocycles. The molecule has 74 valence electrons. The predicted octanol–water partition coefficient (Wildman–Crippen LogP) is 0.676. The van der Waals surface area contributed by atoms with Gasteiger partial charge in [0.05, 0.1) is 0 Å². The first kappa shape index (κ1) is 11.8. The standard InChI is InChI=1S/C8H22N4/c1-5-10(6-2)12(9)11(7-3)8-4/h5-9H2,1-4H3. The van der Waals surface area contributed by atoms with Crippen molar-refractivity contribution in [2.45, 2.75) is 27.7 Å². The summed E-state index contributed by atoms with van der Waals surface area (Å²) < 4.78 is 0. The molecule has 0 radical (unpaired) electrons. The Hall–Kier alpha value is -0.160. The molecule has 0 saturated heterocycles. The minimum Gasteiger partial charge on any atom is -0.240 e. The van der Waals surface area contributed by atoms with Crippen molar-refractivity contribution in [3.05, 3.63) is 0 Å². The Morgan fingerprint density at radius 3 is 1.17 bits per heavy atom. The summed E-state index contributed by atoms with van der Waals surface area (Å²) in [6, 6.07) is 0. The van der Waals surface area contributed by atoms with Gasteiger partial charge in [0.25, 0.3) is 0 Å². The van der Waals surface area contributed by atoms with Crippen LogP contribution in [0.15, 0.2) is 0 Å². The van der Waals surface area contributed by atoms with Gasteiger partial charge in [-0.05, 0) is 0 Å². The van der Waals surface area contributed by atoms with Crippen molar-refractivity contribution >= 4 is 0 Å². The molecule has 0 aliphatic heterocycles. The fraction of sp³-hybridized carbons (Fsp3) is 1.00. The Morgan fingerprint density at radius 1 is 0.750 bits per heavy atom. The maximum absolute atomic E-state index is 5.89. The second kappa shape index (κ2) is 6.37. The molecule has 0 unspecified atom stereocenters. The van der Waals surface area contributed by atoms with Crippen molar-refractivity contribution in [2.75, 3.05) is 26.2 Å². The third kappa shape index (κ3) is 3.06. The first-order valence-corrected chi connectivity index (χ1v) is 4.75. The Bertz CT molecular complexity index is 87.2. The van der Waals surface area contributed by atoms with Crippen LogP contribution >= 0.6 is 0 Å². The van der Waals surface area contributed by atoms with E-state index in [1.807, 2.05) is 0 Å². The van der Waals surface area contributed by atoms with Crippen LogP contribution in [0.1, 0.15) is 27.7 Å². The van der Waals surface area contributed by atoms with E-state index in [0.717, 1.165) is 26.2 Å². The molecule has 0 aromatic rings.